The Hall–Kier alpha value is 3.57. The maximum atomic E-state index is 3.78. The van der Waals surface area contributed by atoms with Crippen molar-refractivity contribution in [3.05, 3.63) is 0 Å². The van der Waals surface area contributed by atoms with Gasteiger partial charge in [-0.25, -0.2) is 0 Å². The summed E-state index contributed by atoms with van der Waals surface area (Å²) in [6.07, 6.45) is 0. The molecule has 0 spiro atoms. The molecular weight excluding hydrogens is 432 g/mol. The van der Waals surface area contributed by atoms with Gasteiger partial charge in [0.25, 0.3) is 0 Å². The van der Waals surface area contributed by atoms with Crippen LogP contribution in [0.3, 0.4) is 0 Å². The van der Waals surface area contributed by atoms with E-state index in [1.165, 1.54) is 0 Å². The van der Waals surface area contributed by atoms with Crippen LogP contribution in [0.2, 0.25) is 0 Å². The zero-order valence-electron chi connectivity index (χ0n) is 2.64. The third kappa shape index (κ3) is 43.0. The second-order valence-corrected chi connectivity index (χ2v) is 0. The number of rotatable bonds is 0. The first-order chi connectivity index (χ1) is 1.00. The molecule has 7 heteroatoms. The van der Waals surface area contributed by atoms with E-state index in [1.807, 2.05) is 0 Å². The van der Waals surface area contributed by atoms with Gasteiger partial charge in [-0.05, 0) is 0 Å². The van der Waals surface area contributed by atoms with E-state index in [0.717, 1.165) is 0 Å². The molecule has 0 aliphatic rings. The van der Waals surface area contributed by atoms with Crippen molar-refractivity contribution in [1.29, 1.82) is 0 Å². The Kier molecular flexibility index (Phi) is 365. The van der Waals surface area contributed by atoms with E-state index in [2.05, 4.69) is 23.3 Å². The van der Waals surface area contributed by atoms with E-state index in [-0.39, 0.29) is 91.9 Å². The van der Waals surface area contributed by atoms with E-state index in [1.54, 1.807) is 0 Å². The summed E-state index contributed by atoms with van der Waals surface area (Å²) in [5.41, 5.74) is 0. The largest absolute Gasteiger partial charge is 0.723 e. The average Bonchev–Trinajstić information content (AvgIpc) is 1.00. The molecule has 7 heavy (non-hydrogen) atoms. The van der Waals surface area contributed by atoms with Crippen molar-refractivity contribution in [2.75, 3.05) is 0 Å². The Labute approximate surface area is 113 Å². The molecule has 0 N–H and O–H groups in total. The molecule has 0 saturated heterocycles. The van der Waals surface area contributed by atoms with Crippen LogP contribution < -0.4 is 0 Å². The molecule has 1 radical (unpaired) electrons. The maximum Gasteiger partial charge on any atom is 0 e. The van der Waals surface area contributed by atoms with E-state index in [9.17, 15) is 0 Å². The van der Waals surface area contributed by atoms with E-state index >= 15 is 0 Å². The van der Waals surface area contributed by atoms with E-state index in [0.29, 0.717) is 0 Å². The molecule has 0 rings (SSSR count). The second kappa shape index (κ2) is 55.1. The van der Waals surface area contributed by atoms with Crippen LogP contribution in [0.25, 0.3) is 0 Å². The van der Waals surface area contributed by atoms with Crippen LogP contribution in [0, 0.1) is 0 Å². The summed E-state index contributed by atoms with van der Waals surface area (Å²) in [5, 5.41) is 0. The molecule has 0 aliphatic carbocycles. The van der Waals surface area contributed by atoms with Crippen molar-refractivity contribution in [3.8, 4) is 0 Å². The van der Waals surface area contributed by atoms with Gasteiger partial charge >= 0.3 is 0 Å². The minimum Gasteiger partial charge on any atom is -0.723 e. The summed E-state index contributed by atoms with van der Waals surface area (Å²) in [7, 11) is 0. The summed E-state index contributed by atoms with van der Waals surface area (Å²) in [4.78, 5) is 0. The number of thiol groups is 1. The Morgan fingerprint density at radius 2 is 0.857 bits per heavy atom. The van der Waals surface area contributed by atoms with Crippen LogP contribution in [0.5, 0.6) is 0 Å². The predicted molar refractivity (Wildman–Crippen MR) is 16.4 cm³/mol. The van der Waals surface area contributed by atoms with Crippen LogP contribution in [0.15, 0.2) is 0 Å². The first-order valence-corrected chi connectivity index (χ1v) is 1.64. The Morgan fingerprint density at radius 3 is 0.857 bits per heavy atom. The fraction of sp³-hybridized carbons (Fsp3) is 0. The summed E-state index contributed by atoms with van der Waals surface area (Å²) in [6, 6.07) is 0. The van der Waals surface area contributed by atoms with Crippen LogP contribution in [0.1, 0.15) is 0 Å². The van der Waals surface area contributed by atoms with Gasteiger partial charge in [0.2, 0.25) is 0 Å². The van der Waals surface area contributed by atoms with Gasteiger partial charge in [0, 0.05) is 91.9 Å². The van der Waals surface area contributed by atoms with Crippen LogP contribution >= 0.6 is 11.7 Å². The molecule has 0 saturated carbocycles. The van der Waals surface area contributed by atoms with Gasteiger partial charge in [0.1, 0.15) is 0 Å². The fourth-order valence-corrected chi connectivity index (χ4v) is 0. The molecule has 0 bridgehead atoms. The molecule has 0 unspecified atom stereocenters. The van der Waals surface area contributed by atoms with Crippen molar-refractivity contribution in [3.63, 3.8) is 0 Å². The van der Waals surface area contributed by atoms with Crippen LogP contribution in [0.4, 0.5) is 0 Å². The van der Waals surface area contributed by atoms with Crippen molar-refractivity contribution < 1.29 is 91.9 Å². The smallest absolute Gasteiger partial charge is 0 e. The average molecular weight is 433 g/mol. The maximum absolute atomic E-state index is 3.78. The van der Waals surface area contributed by atoms with Gasteiger partial charge in [-0.3, -0.25) is 0 Å². The summed E-state index contributed by atoms with van der Waals surface area (Å²) < 4.78 is 0. The topological polar surface area (TPSA) is 0 Å². The Bertz CT molecular complexity index is 13.7. The minimum atomic E-state index is 0. The normalized spacial score (nSPS) is 0.857. The first kappa shape index (κ1) is 46.4. The zero-order valence-corrected chi connectivity index (χ0v) is 11.4. The summed E-state index contributed by atoms with van der Waals surface area (Å²) >= 11 is 6.89. The second-order valence-electron chi connectivity index (χ2n) is 0. The van der Waals surface area contributed by atoms with Crippen LogP contribution in [-0.4, -0.2) is 0 Å². The molecule has 0 aromatic heterocycles. The number of hydrogen-bond acceptors (Lipinski definition) is 2. The summed E-state index contributed by atoms with van der Waals surface area (Å²) in [6.45, 7) is 0. The third-order valence-corrected chi connectivity index (χ3v) is 0. The SMILES string of the molecule is [Co].[Mo].[Mo].[Ni].[Ni].[S-]S. The van der Waals surface area contributed by atoms with Crippen molar-refractivity contribution >= 4 is 23.3 Å². The van der Waals surface area contributed by atoms with Gasteiger partial charge in [-0.2, -0.15) is 0 Å². The van der Waals surface area contributed by atoms with E-state index in [4.69, 9.17) is 0 Å². The first-order valence-electron chi connectivity index (χ1n) is 0.183. The number of hydrogen-bond donors (Lipinski definition) is 1. The molecule has 0 aliphatic heterocycles. The molecule has 0 fully saturated rings. The van der Waals surface area contributed by atoms with Gasteiger partial charge < -0.3 is 23.3 Å². The third-order valence-electron chi connectivity index (χ3n) is 0. The zero-order chi connectivity index (χ0) is 2.00. The molecule has 0 atom stereocenters. The minimum absolute atomic E-state index is 0. The molecule has 0 aromatic rings. The summed E-state index contributed by atoms with van der Waals surface area (Å²) in [5.74, 6) is 0. The van der Waals surface area contributed by atoms with E-state index < -0.39 is 0 Å². The molecule has 0 aromatic carbocycles. The quantitative estimate of drug-likeness (QED) is 0.249. The molecular formula is HCoMo2Ni2S2-. The van der Waals surface area contributed by atoms with Gasteiger partial charge in [0.05, 0.1) is 0 Å². The van der Waals surface area contributed by atoms with Crippen molar-refractivity contribution in [1.82, 2.24) is 0 Å². The van der Waals surface area contributed by atoms with Gasteiger partial charge in [0.15, 0.2) is 0 Å². The molecule has 0 nitrogen and oxygen atoms in total. The molecule has 0 amide bonds. The predicted octanol–water partition coefficient (Wildman–Crippen LogP) is 0.366. The van der Waals surface area contributed by atoms with Crippen LogP contribution in [-0.2, 0) is 104 Å². The molecule has 55 valence electrons. The monoisotopic (exact) mass is 436 g/mol. The van der Waals surface area contributed by atoms with Gasteiger partial charge in [-0.1, -0.05) is 0 Å². The Morgan fingerprint density at radius 1 is 0.857 bits per heavy atom. The standard InChI is InChI=1S/Co.2Mo.2Ni.H2S2/c;;;;;1-2/h;;;;;1-2H/p-1. The van der Waals surface area contributed by atoms with Crippen molar-refractivity contribution in [2.24, 2.45) is 0 Å². The fourth-order valence-electron chi connectivity index (χ4n) is 0. The Balaban J connectivity index is -0.000000000500. The van der Waals surface area contributed by atoms with Gasteiger partial charge in [-0.15, -0.1) is 0 Å². The van der Waals surface area contributed by atoms with Crippen molar-refractivity contribution in [2.45, 2.75) is 0 Å². The molecule has 0 heterocycles.